The van der Waals surface area contributed by atoms with E-state index in [0.29, 0.717) is 27.0 Å². The van der Waals surface area contributed by atoms with Gasteiger partial charge in [-0.15, -0.1) is 0 Å². The van der Waals surface area contributed by atoms with Gasteiger partial charge in [0.1, 0.15) is 11.8 Å². The van der Waals surface area contributed by atoms with Crippen molar-refractivity contribution >= 4 is 50.7 Å². The molecular formula is C25H33Cl2N3O5S. The van der Waals surface area contributed by atoms with Gasteiger partial charge in [0.15, 0.2) is 0 Å². The van der Waals surface area contributed by atoms with Crippen LogP contribution in [0.25, 0.3) is 0 Å². The van der Waals surface area contributed by atoms with Crippen LogP contribution in [0.3, 0.4) is 0 Å². The van der Waals surface area contributed by atoms with Gasteiger partial charge in [-0.1, -0.05) is 41.4 Å². The molecule has 0 fully saturated rings. The lowest BCUT2D eigenvalue weighted by Crippen LogP contribution is -2.49. The number of hydrogen-bond donors (Lipinski definition) is 1. The minimum atomic E-state index is -3.64. The monoisotopic (exact) mass is 557 g/mol. The Morgan fingerprint density at radius 2 is 1.64 bits per heavy atom. The van der Waals surface area contributed by atoms with E-state index in [9.17, 15) is 18.0 Å². The molecule has 0 saturated carbocycles. The first kappa shape index (κ1) is 29.7. The molecule has 1 unspecified atom stereocenters. The van der Waals surface area contributed by atoms with Crippen molar-refractivity contribution in [1.82, 2.24) is 10.2 Å². The highest BCUT2D eigenvalue weighted by Gasteiger charge is 2.28. The van der Waals surface area contributed by atoms with Crippen molar-refractivity contribution in [3.63, 3.8) is 0 Å². The van der Waals surface area contributed by atoms with E-state index >= 15 is 0 Å². The predicted octanol–water partition coefficient (Wildman–Crippen LogP) is 4.49. The summed E-state index contributed by atoms with van der Waals surface area (Å²) >= 11 is 12.7. The first-order valence-corrected chi connectivity index (χ1v) is 14.1. The topological polar surface area (TPSA) is 96.0 Å². The molecule has 0 aliphatic rings. The van der Waals surface area contributed by atoms with Crippen molar-refractivity contribution in [2.45, 2.75) is 52.2 Å². The third-order valence-corrected chi connectivity index (χ3v) is 7.38. The molecule has 2 rings (SSSR count). The summed E-state index contributed by atoms with van der Waals surface area (Å²) in [6.07, 6.45) is 1.32. The second-order valence-electron chi connectivity index (χ2n) is 8.67. The van der Waals surface area contributed by atoms with E-state index in [-0.39, 0.29) is 43.8 Å². The lowest BCUT2D eigenvalue weighted by molar-refractivity contribution is -0.140. The Kier molecular flexibility index (Phi) is 10.9. The molecule has 1 atom stereocenters. The van der Waals surface area contributed by atoms with Gasteiger partial charge in [0.25, 0.3) is 0 Å². The zero-order valence-corrected chi connectivity index (χ0v) is 23.5. The fourth-order valence-electron chi connectivity index (χ4n) is 3.66. The lowest BCUT2D eigenvalue weighted by atomic mass is 10.1. The Labute approximate surface area is 223 Å². The first-order chi connectivity index (χ1) is 16.9. The number of carbonyl (C=O) groups is 2. The Bertz CT molecular complexity index is 1150. The maximum Gasteiger partial charge on any atom is 0.242 e. The summed E-state index contributed by atoms with van der Waals surface area (Å²) < 4.78 is 31.6. The maximum atomic E-state index is 13.4. The zero-order valence-electron chi connectivity index (χ0n) is 21.1. The van der Waals surface area contributed by atoms with Crippen LogP contribution in [-0.4, -0.2) is 57.1 Å². The van der Waals surface area contributed by atoms with Gasteiger partial charge in [0, 0.05) is 41.2 Å². The van der Waals surface area contributed by atoms with Crippen LogP contribution in [0.2, 0.25) is 10.0 Å². The number of anilines is 1. The lowest BCUT2D eigenvalue weighted by Gasteiger charge is -2.30. The number of nitrogens with zero attached hydrogens (tertiary/aromatic N) is 2. The molecular weight excluding hydrogens is 525 g/mol. The van der Waals surface area contributed by atoms with E-state index in [1.165, 1.54) is 16.3 Å². The highest BCUT2D eigenvalue weighted by Crippen LogP contribution is 2.30. The van der Waals surface area contributed by atoms with Gasteiger partial charge in [0.05, 0.1) is 19.1 Å². The summed E-state index contributed by atoms with van der Waals surface area (Å²) in [6.45, 7) is 5.39. The molecule has 2 aromatic rings. The molecule has 198 valence electrons. The SMILES string of the molecule is COc1ccccc1N(CCCC(=O)N(Cc1c(Cl)cccc1Cl)C(C)C(=O)NC(C)C)S(C)(=O)=O. The molecule has 11 heteroatoms. The van der Waals surface area contributed by atoms with Crippen LogP contribution in [0.1, 0.15) is 39.2 Å². The van der Waals surface area contributed by atoms with Gasteiger partial charge in [-0.05, 0) is 51.5 Å². The van der Waals surface area contributed by atoms with Crippen LogP contribution in [0.15, 0.2) is 42.5 Å². The van der Waals surface area contributed by atoms with Gasteiger partial charge in [-0.2, -0.15) is 0 Å². The molecule has 0 aliphatic heterocycles. The Morgan fingerprint density at radius 1 is 1.03 bits per heavy atom. The molecule has 0 aliphatic carbocycles. The largest absolute Gasteiger partial charge is 0.495 e. The van der Waals surface area contributed by atoms with Crippen LogP contribution < -0.4 is 14.4 Å². The minimum Gasteiger partial charge on any atom is -0.495 e. The third kappa shape index (κ3) is 8.01. The highest BCUT2D eigenvalue weighted by molar-refractivity contribution is 7.92. The normalized spacial score (nSPS) is 12.2. The number of halogens is 2. The Hall–Kier alpha value is -2.49. The molecule has 1 N–H and O–H groups in total. The number of ether oxygens (including phenoxy) is 1. The Morgan fingerprint density at radius 3 is 2.19 bits per heavy atom. The maximum absolute atomic E-state index is 13.4. The van der Waals surface area contributed by atoms with Crippen molar-refractivity contribution < 1.29 is 22.7 Å². The van der Waals surface area contributed by atoms with E-state index in [0.717, 1.165) is 6.26 Å². The molecule has 0 aromatic heterocycles. The van der Waals surface area contributed by atoms with Crippen molar-refractivity contribution in [2.75, 3.05) is 24.2 Å². The van der Waals surface area contributed by atoms with Crippen molar-refractivity contribution in [2.24, 2.45) is 0 Å². The molecule has 0 heterocycles. The molecule has 0 radical (unpaired) electrons. The smallest absolute Gasteiger partial charge is 0.242 e. The van der Waals surface area contributed by atoms with E-state index in [2.05, 4.69) is 5.32 Å². The van der Waals surface area contributed by atoms with Crippen LogP contribution >= 0.6 is 23.2 Å². The van der Waals surface area contributed by atoms with Crippen molar-refractivity contribution in [3.8, 4) is 5.75 Å². The molecule has 2 amide bonds. The number of carbonyl (C=O) groups excluding carboxylic acids is 2. The number of hydrogen-bond acceptors (Lipinski definition) is 5. The average Bonchev–Trinajstić information content (AvgIpc) is 2.80. The summed E-state index contributed by atoms with van der Waals surface area (Å²) in [5, 5.41) is 3.59. The average molecular weight is 559 g/mol. The second kappa shape index (κ2) is 13.2. The third-order valence-electron chi connectivity index (χ3n) is 5.49. The van der Waals surface area contributed by atoms with Crippen molar-refractivity contribution in [3.05, 3.63) is 58.1 Å². The highest BCUT2D eigenvalue weighted by atomic mass is 35.5. The van der Waals surface area contributed by atoms with E-state index < -0.39 is 16.1 Å². The fraction of sp³-hybridized carbons (Fsp3) is 0.440. The zero-order chi connectivity index (χ0) is 27.0. The van der Waals surface area contributed by atoms with Crippen LogP contribution in [-0.2, 0) is 26.2 Å². The number of methoxy groups -OCH3 is 1. The first-order valence-electron chi connectivity index (χ1n) is 11.5. The summed E-state index contributed by atoms with van der Waals surface area (Å²) in [5.41, 5.74) is 0.921. The van der Waals surface area contributed by atoms with Crippen molar-refractivity contribution in [1.29, 1.82) is 0 Å². The summed E-state index contributed by atoms with van der Waals surface area (Å²) in [6, 6.07) is 10.9. The number of para-hydroxylation sites is 2. The van der Waals surface area contributed by atoms with Gasteiger partial charge in [-0.3, -0.25) is 13.9 Å². The number of nitrogens with one attached hydrogen (secondary N) is 1. The molecule has 8 nitrogen and oxygen atoms in total. The molecule has 2 aromatic carbocycles. The molecule has 0 bridgehead atoms. The molecule has 0 spiro atoms. The summed E-state index contributed by atoms with van der Waals surface area (Å²) in [5.74, 6) is -0.234. The quantitative estimate of drug-likeness (QED) is 0.414. The van der Waals surface area contributed by atoms with Gasteiger partial charge in [0.2, 0.25) is 21.8 Å². The van der Waals surface area contributed by atoms with Gasteiger partial charge < -0.3 is 15.0 Å². The minimum absolute atomic E-state index is 0.00252. The molecule has 0 saturated heterocycles. The number of benzene rings is 2. The van der Waals surface area contributed by atoms with Gasteiger partial charge >= 0.3 is 0 Å². The van der Waals surface area contributed by atoms with E-state index in [1.807, 2.05) is 13.8 Å². The van der Waals surface area contributed by atoms with E-state index in [4.69, 9.17) is 27.9 Å². The molecule has 36 heavy (non-hydrogen) atoms. The summed E-state index contributed by atoms with van der Waals surface area (Å²) in [7, 11) is -2.18. The van der Waals surface area contributed by atoms with Gasteiger partial charge in [-0.25, -0.2) is 8.42 Å². The number of sulfonamides is 1. The number of rotatable bonds is 12. The predicted molar refractivity (Wildman–Crippen MR) is 144 cm³/mol. The van der Waals surface area contributed by atoms with Crippen LogP contribution in [0.4, 0.5) is 5.69 Å². The fourth-order valence-corrected chi connectivity index (χ4v) is 5.15. The summed E-state index contributed by atoms with van der Waals surface area (Å²) in [4.78, 5) is 27.5. The Balaban J connectivity index is 2.25. The standard InChI is InChI=1S/C25H33Cl2N3O5S/c1-17(2)28-25(32)18(3)29(16-19-20(26)10-8-11-21(19)27)24(31)14-9-15-30(36(5,33)34)22-12-6-7-13-23(22)35-4/h6-8,10-13,17-18H,9,14-16H2,1-5H3,(H,28,32). The second-order valence-corrected chi connectivity index (χ2v) is 11.4. The van der Waals surface area contributed by atoms with E-state index in [1.54, 1.807) is 49.4 Å². The van der Waals surface area contributed by atoms with Crippen LogP contribution in [0.5, 0.6) is 5.75 Å². The van der Waals surface area contributed by atoms with Crippen LogP contribution in [0, 0.1) is 0 Å². The number of amides is 2.